The Bertz CT molecular complexity index is 1310. The number of halogens is 1. The number of benzene rings is 3. The molecule has 1 aromatic heterocycles. The highest BCUT2D eigenvalue weighted by atomic mass is 19.1. The van der Waals surface area contributed by atoms with Crippen LogP contribution in [0.4, 0.5) is 4.39 Å². The second-order valence-electron chi connectivity index (χ2n) is 8.77. The van der Waals surface area contributed by atoms with Crippen LogP contribution in [0.3, 0.4) is 0 Å². The van der Waals surface area contributed by atoms with Crippen LogP contribution in [0.2, 0.25) is 0 Å². The lowest BCUT2D eigenvalue weighted by Gasteiger charge is -2.23. The Labute approximate surface area is 171 Å². The first-order valence-corrected chi connectivity index (χ1v) is 10.1. The predicted molar refractivity (Wildman–Crippen MR) is 118 cm³/mol. The number of hydrogen-bond donors (Lipinski definition) is 0. The van der Waals surface area contributed by atoms with E-state index in [9.17, 15) is 4.39 Å². The van der Waals surface area contributed by atoms with E-state index >= 15 is 0 Å². The number of fused-ring (bicyclic) bond motifs is 4. The lowest BCUT2D eigenvalue weighted by Crippen LogP contribution is -2.31. The van der Waals surface area contributed by atoms with Crippen molar-refractivity contribution in [2.75, 3.05) is 0 Å². The maximum Gasteiger partial charge on any atom is 0.220 e. The van der Waals surface area contributed by atoms with Crippen LogP contribution in [0.25, 0.3) is 33.2 Å². The summed E-state index contributed by atoms with van der Waals surface area (Å²) in [6, 6.07) is 18.2. The fraction of sp³-hybridized carbons (Fsp3) is 0.222. The molecule has 1 aliphatic rings. The van der Waals surface area contributed by atoms with Crippen LogP contribution in [0.1, 0.15) is 36.1 Å². The summed E-state index contributed by atoms with van der Waals surface area (Å²) in [7, 11) is 2.07. The van der Waals surface area contributed by atoms with Gasteiger partial charge in [0.15, 0.2) is 6.20 Å². The van der Waals surface area contributed by atoms with Gasteiger partial charge in [-0.1, -0.05) is 38.1 Å². The molecule has 0 saturated heterocycles. The zero-order chi connectivity index (χ0) is 20.5. The third kappa shape index (κ3) is 2.42. The van der Waals surface area contributed by atoms with E-state index in [0.29, 0.717) is 0 Å². The van der Waals surface area contributed by atoms with E-state index in [1.807, 2.05) is 18.3 Å². The number of pyridine rings is 1. The molecule has 0 fully saturated rings. The maximum absolute atomic E-state index is 13.8. The van der Waals surface area contributed by atoms with Crippen molar-refractivity contribution in [2.24, 2.45) is 7.05 Å². The summed E-state index contributed by atoms with van der Waals surface area (Å²) in [5.41, 5.74) is 10.4. The second-order valence-corrected chi connectivity index (χ2v) is 8.77. The Morgan fingerprint density at radius 1 is 0.828 bits per heavy atom. The highest BCUT2D eigenvalue weighted by molar-refractivity contribution is 5.96. The summed E-state index contributed by atoms with van der Waals surface area (Å²) >= 11 is 0. The maximum atomic E-state index is 13.8. The van der Waals surface area contributed by atoms with Crippen LogP contribution in [0, 0.1) is 19.7 Å². The smallest absolute Gasteiger partial charge is 0.207 e. The molecule has 0 bridgehead atoms. The molecule has 5 rings (SSSR count). The molecule has 1 heterocycles. The van der Waals surface area contributed by atoms with E-state index < -0.39 is 0 Å². The van der Waals surface area contributed by atoms with Crippen molar-refractivity contribution in [2.45, 2.75) is 33.1 Å². The molecule has 29 heavy (non-hydrogen) atoms. The summed E-state index contributed by atoms with van der Waals surface area (Å²) in [6.07, 6.45) is 2.03. The molecular weight excluding hydrogens is 357 g/mol. The Morgan fingerprint density at radius 2 is 1.59 bits per heavy atom. The fourth-order valence-electron chi connectivity index (χ4n) is 5.07. The standard InChI is InChI=1S/C27H25FN/c1-16-17(2)25-21-8-6-7-9-23(21)27(3,4)24(25)15-22(16)26-20-11-10-19(28)14-18(20)12-13-29(26)5/h6-15H,1-5H3/q+1. The van der Waals surface area contributed by atoms with Gasteiger partial charge in [-0.25, -0.2) is 8.96 Å². The van der Waals surface area contributed by atoms with Gasteiger partial charge in [0.25, 0.3) is 0 Å². The SMILES string of the molecule is Cc1c(-c2c3ccc(F)cc3cc[n+]2C)cc2c(c1C)-c1ccccc1C2(C)C. The van der Waals surface area contributed by atoms with Gasteiger partial charge in [-0.05, 0) is 76.9 Å². The van der Waals surface area contributed by atoms with Crippen LogP contribution in [-0.4, -0.2) is 0 Å². The third-order valence-corrected chi connectivity index (χ3v) is 6.80. The molecule has 0 saturated carbocycles. The summed E-state index contributed by atoms with van der Waals surface area (Å²) < 4.78 is 16.0. The van der Waals surface area contributed by atoms with E-state index in [0.717, 1.165) is 16.5 Å². The first-order valence-electron chi connectivity index (χ1n) is 10.1. The zero-order valence-electron chi connectivity index (χ0n) is 17.6. The molecule has 0 aliphatic heterocycles. The van der Waals surface area contributed by atoms with Crippen LogP contribution in [0.15, 0.2) is 60.8 Å². The molecule has 4 aromatic rings. The van der Waals surface area contributed by atoms with Crippen molar-refractivity contribution < 1.29 is 8.96 Å². The molecule has 0 spiro atoms. The molecule has 0 N–H and O–H groups in total. The molecule has 0 unspecified atom stereocenters. The Morgan fingerprint density at radius 3 is 2.38 bits per heavy atom. The van der Waals surface area contributed by atoms with Crippen molar-refractivity contribution in [3.8, 4) is 22.4 Å². The number of hydrogen-bond acceptors (Lipinski definition) is 0. The van der Waals surface area contributed by atoms with E-state index in [4.69, 9.17) is 0 Å². The molecule has 0 amide bonds. The van der Waals surface area contributed by atoms with Gasteiger partial charge >= 0.3 is 0 Å². The van der Waals surface area contributed by atoms with Crippen molar-refractivity contribution in [3.63, 3.8) is 0 Å². The lowest BCUT2D eigenvalue weighted by molar-refractivity contribution is -0.659. The van der Waals surface area contributed by atoms with Crippen LogP contribution in [0.5, 0.6) is 0 Å². The molecule has 0 atom stereocenters. The Balaban J connectivity index is 1.88. The van der Waals surface area contributed by atoms with Crippen LogP contribution < -0.4 is 4.57 Å². The average molecular weight is 383 g/mol. The van der Waals surface area contributed by atoms with Crippen LogP contribution in [-0.2, 0) is 12.5 Å². The van der Waals surface area contributed by atoms with Crippen molar-refractivity contribution in [1.29, 1.82) is 0 Å². The van der Waals surface area contributed by atoms with Crippen molar-refractivity contribution in [3.05, 3.63) is 88.9 Å². The fourth-order valence-corrected chi connectivity index (χ4v) is 5.07. The van der Waals surface area contributed by atoms with Gasteiger partial charge in [-0.2, -0.15) is 0 Å². The molecule has 3 aromatic carbocycles. The molecular formula is C27H25FN+. The molecule has 1 aliphatic carbocycles. The number of nitrogens with zero attached hydrogens (tertiary/aromatic N) is 1. The minimum absolute atomic E-state index is 0.0472. The van der Waals surface area contributed by atoms with Gasteiger partial charge in [-0.3, -0.25) is 0 Å². The number of rotatable bonds is 1. The normalized spacial score (nSPS) is 14.1. The molecule has 144 valence electrons. The minimum atomic E-state index is -0.198. The Hall–Kier alpha value is -3.00. The van der Waals surface area contributed by atoms with Gasteiger partial charge in [-0.15, -0.1) is 0 Å². The molecule has 2 heteroatoms. The topological polar surface area (TPSA) is 3.88 Å². The van der Waals surface area contributed by atoms with Gasteiger partial charge in [0, 0.05) is 11.5 Å². The van der Waals surface area contributed by atoms with Gasteiger partial charge in [0.1, 0.15) is 12.9 Å². The predicted octanol–water partition coefficient (Wildman–Crippen LogP) is 6.39. The average Bonchev–Trinajstić information content (AvgIpc) is 2.92. The van der Waals surface area contributed by atoms with E-state index in [-0.39, 0.29) is 11.2 Å². The highest BCUT2D eigenvalue weighted by Crippen LogP contribution is 2.52. The van der Waals surface area contributed by atoms with Gasteiger partial charge < -0.3 is 0 Å². The zero-order valence-corrected chi connectivity index (χ0v) is 17.6. The third-order valence-electron chi connectivity index (χ3n) is 6.80. The molecule has 0 radical (unpaired) electrons. The van der Waals surface area contributed by atoms with Gasteiger partial charge in [0.05, 0.1) is 10.9 Å². The minimum Gasteiger partial charge on any atom is -0.207 e. The summed E-state index contributed by atoms with van der Waals surface area (Å²) in [5, 5.41) is 2.00. The quantitative estimate of drug-likeness (QED) is 0.336. The molecule has 1 nitrogen and oxygen atoms in total. The highest BCUT2D eigenvalue weighted by Gasteiger charge is 2.37. The number of aryl methyl sites for hydroxylation is 1. The largest absolute Gasteiger partial charge is 0.220 e. The summed E-state index contributed by atoms with van der Waals surface area (Å²) in [6.45, 7) is 9.07. The van der Waals surface area contributed by atoms with Crippen molar-refractivity contribution in [1.82, 2.24) is 0 Å². The van der Waals surface area contributed by atoms with Crippen molar-refractivity contribution >= 4 is 10.8 Å². The summed E-state index contributed by atoms with van der Waals surface area (Å²) in [5.74, 6) is -0.198. The monoisotopic (exact) mass is 382 g/mol. The van der Waals surface area contributed by atoms with Crippen LogP contribution >= 0.6 is 0 Å². The first kappa shape index (κ1) is 18.1. The Kier molecular flexibility index (Phi) is 3.73. The second kappa shape index (κ2) is 6.00. The van der Waals surface area contributed by atoms with Gasteiger partial charge in [0.2, 0.25) is 5.69 Å². The van der Waals surface area contributed by atoms with E-state index in [1.54, 1.807) is 12.1 Å². The lowest BCUT2D eigenvalue weighted by atomic mass is 9.80. The van der Waals surface area contributed by atoms with E-state index in [2.05, 4.69) is 69.6 Å². The number of aromatic nitrogens is 1. The van der Waals surface area contributed by atoms with E-state index in [1.165, 1.54) is 38.9 Å². The summed E-state index contributed by atoms with van der Waals surface area (Å²) in [4.78, 5) is 0. The first-order chi connectivity index (χ1) is 13.8.